The lowest BCUT2D eigenvalue weighted by atomic mass is 10.2. The summed E-state index contributed by atoms with van der Waals surface area (Å²) in [5.41, 5.74) is 0.685. The maximum Gasteiger partial charge on any atom is 0.338 e. The number of amides is 1. The molecule has 0 bridgehead atoms. The molecule has 32 heavy (non-hydrogen) atoms. The van der Waals surface area contributed by atoms with Crippen molar-refractivity contribution < 1.29 is 27.5 Å². The van der Waals surface area contributed by atoms with E-state index in [4.69, 9.17) is 9.47 Å². The first kappa shape index (κ1) is 23.7. The summed E-state index contributed by atoms with van der Waals surface area (Å²) in [6.07, 6.45) is -1.14. The second kappa shape index (κ2) is 9.70. The molecule has 3 rings (SSSR count). The summed E-state index contributed by atoms with van der Waals surface area (Å²) in [6.45, 7) is 6.17. The van der Waals surface area contributed by atoms with E-state index in [0.29, 0.717) is 18.8 Å². The average molecular weight is 461 g/mol. The summed E-state index contributed by atoms with van der Waals surface area (Å²) in [7, 11) is -2.32. The number of rotatable bonds is 6. The lowest BCUT2D eigenvalue weighted by Gasteiger charge is -2.36. The van der Waals surface area contributed by atoms with Crippen LogP contribution >= 0.6 is 0 Å². The summed E-state index contributed by atoms with van der Waals surface area (Å²) in [5.74, 6) is -0.982. The van der Waals surface area contributed by atoms with Crippen molar-refractivity contribution >= 4 is 27.6 Å². The third-order valence-electron chi connectivity index (χ3n) is 5.23. The van der Waals surface area contributed by atoms with Crippen molar-refractivity contribution in [1.82, 2.24) is 4.90 Å². The Morgan fingerprint density at radius 2 is 1.59 bits per heavy atom. The van der Waals surface area contributed by atoms with Gasteiger partial charge in [-0.2, -0.15) is 0 Å². The van der Waals surface area contributed by atoms with Crippen LogP contribution in [0, 0.1) is 0 Å². The van der Waals surface area contributed by atoms with Gasteiger partial charge >= 0.3 is 5.97 Å². The van der Waals surface area contributed by atoms with E-state index in [9.17, 15) is 18.0 Å². The molecule has 1 amide bonds. The molecule has 8 nitrogen and oxygen atoms in total. The molecular formula is C23H28N2O6S. The van der Waals surface area contributed by atoms with E-state index in [1.807, 2.05) is 13.8 Å². The van der Waals surface area contributed by atoms with Crippen LogP contribution in [0.5, 0.6) is 0 Å². The second-order valence-electron chi connectivity index (χ2n) is 7.88. The minimum Gasteiger partial charge on any atom is -0.449 e. The van der Waals surface area contributed by atoms with E-state index in [1.165, 1.54) is 42.5 Å². The van der Waals surface area contributed by atoms with Crippen LogP contribution in [0.2, 0.25) is 0 Å². The van der Waals surface area contributed by atoms with Crippen molar-refractivity contribution in [2.75, 3.05) is 24.4 Å². The number of para-hydroxylation sites is 1. The largest absolute Gasteiger partial charge is 0.449 e. The van der Waals surface area contributed by atoms with Crippen LogP contribution in [-0.2, 0) is 24.3 Å². The molecule has 0 aliphatic carbocycles. The minimum atomic E-state index is -3.79. The number of ether oxygens (including phenoxy) is 2. The molecule has 2 aromatic carbocycles. The Hall–Kier alpha value is -2.91. The van der Waals surface area contributed by atoms with E-state index in [0.717, 1.165) is 0 Å². The van der Waals surface area contributed by atoms with Crippen molar-refractivity contribution in [2.45, 2.75) is 44.0 Å². The molecule has 1 fully saturated rings. The standard InChI is InChI=1S/C23H28N2O6S/c1-16-14-25(15-17(2)30-16)22(26)18(3)31-23(27)19-10-12-21(13-11-19)32(28,29)24(4)20-8-6-5-7-9-20/h5-13,16-18H,14-15H2,1-4H3. The van der Waals surface area contributed by atoms with Crippen LogP contribution in [-0.4, -0.2) is 63.6 Å². The van der Waals surface area contributed by atoms with E-state index in [2.05, 4.69) is 0 Å². The third kappa shape index (κ3) is 5.28. The van der Waals surface area contributed by atoms with Crippen LogP contribution in [0.3, 0.4) is 0 Å². The molecule has 9 heteroatoms. The van der Waals surface area contributed by atoms with Gasteiger partial charge in [-0.1, -0.05) is 18.2 Å². The Kier molecular flexibility index (Phi) is 7.20. The zero-order valence-electron chi connectivity index (χ0n) is 18.6. The Morgan fingerprint density at radius 1 is 1.03 bits per heavy atom. The van der Waals surface area contributed by atoms with Gasteiger partial charge < -0.3 is 14.4 Å². The lowest BCUT2D eigenvalue weighted by molar-refractivity contribution is -0.151. The van der Waals surface area contributed by atoms with Crippen molar-refractivity contribution in [3.05, 3.63) is 60.2 Å². The summed E-state index contributed by atoms with van der Waals surface area (Å²) < 4.78 is 37.8. The molecule has 1 saturated heterocycles. The molecule has 3 unspecified atom stereocenters. The first-order chi connectivity index (χ1) is 15.1. The number of hydrogen-bond acceptors (Lipinski definition) is 6. The fourth-order valence-electron chi connectivity index (χ4n) is 3.59. The number of sulfonamides is 1. The number of nitrogens with zero attached hydrogens (tertiary/aromatic N) is 2. The molecule has 1 heterocycles. The van der Waals surface area contributed by atoms with Gasteiger partial charge in [-0.05, 0) is 57.2 Å². The monoisotopic (exact) mass is 460 g/mol. The lowest BCUT2D eigenvalue weighted by Crippen LogP contribution is -2.51. The number of carbonyl (C=O) groups is 2. The normalized spacial score (nSPS) is 19.8. The smallest absolute Gasteiger partial charge is 0.338 e. The highest BCUT2D eigenvalue weighted by atomic mass is 32.2. The highest BCUT2D eigenvalue weighted by Gasteiger charge is 2.30. The van der Waals surface area contributed by atoms with Gasteiger partial charge in [-0.3, -0.25) is 9.10 Å². The molecule has 2 aromatic rings. The second-order valence-corrected chi connectivity index (χ2v) is 9.85. The van der Waals surface area contributed by atoms with Crippen LogP contribution in [0.1, 0.15) is 31.1 Å². The SMILES string of the molecule is CC1CN(C(=O)C(C)OC(=O)c2ccc(S(=O)(=O)N(C)c3ccccc3)cc2)CC(C)O1. The molecule has 0 saturated carbocycles. The van der Waals surface area contributed by atoms with Gasteiger partial charge in [0, 0.05) is 20.1 Å². The first-order valence-electron chi connectivity index (χ1n) is 10.4. The average Bonchev–Trinajstić information content (AvgIpc) is 2.78. The maximum atomic E-state index is 12.9. The molecule has 1 aliphatic rings. The van der Waals surface area contributed by atoms with Gasteiger partial charge in [0.1, 0.15) is 0 Å². The van der Waals surface area contributed by atoms with Gasteiger partial charge in [0.25, 0.3) is 15.9 Å². The van der Waals surface area contributed by atoms with Crippen LogP contribution < -0.4 is 4.31 Å². The summed E-state index contributed by atoms with van der Waals surface area (Å²) in [4.78, 5) is 26.8. The summed E-state index contributed by atoms with van der Waals surface area (Å²) in [5, 5.41) is 0. The number of hydrogen-bond donors (Lipinski definition) is 0. The van der Waals surface area contributed by atoms with Gasteiger partial charge in [0.05, 0.1) is 28.4 Å². The third-order valence-corrected chi connectivity index (χ3v) is 7.03. The zero-order valence-corrected chi connectivity index (χ0v) is 19.4. The van der Waals surface area contributed by atoms with Crippen LogP contribution in [0.4, 0.5) is 5.69 Å². The predicted molar refractivity (Wildman–Crippen MR) is 120 cm³/mol. The van der Waals surface area contributed by atoms with E-state index < -0.39 is 22.1 Å². The fraction of sp³-hybridized carbons (Fsp3) is 0.391. The van der Waals surface area contributed by atoms with E-state index >= 15 is 0 Å². The zero-order chi connectivity index (χ0) is 23.5. The van der Waals surface area contributed by atoms with E-state index in [-0.39, 0.29) is 28.6 Å². The summed E-state index contributed by atoms with van der Waals surface area (Å²) in [6, 6.07) is 14.1. The van der Waals surface area contributed by atoms with Crippen LogP contribution in [0.15, 0.2) is 59.5 Å². The van der Waals surface area contributed by atoms with Crippen molar-refractivity contribution in [3.63, 3.8) is 0 Å². The van der Waals surface area contributed by atoms with Crippen LogP contribution in [0.25, 0.3) is 0 Å². The molecule has 0 aromatic heterocycles. The van der Waals surface area contributed by atoms with Crippen molar-refractivity contribution in [3.8, 4) is 0 Å². The minimum absolute atomic E-state index is 0.0424. The fourth-order valence-corrected chi connectivity index (χ4v) is 4.79. The Bertz CT molecular complexity index is 1050. The Morgan fingerprint density at radius 3 is 2.16 bits per heavy atom. The number of anilines is 1. The predicted octanol–water partition coefficient (Wildman–Crippen LogP) is 2.69. The van der Waals surface area contributed by atoms with Gasteiger partial charge in [0.2, 0.25) is 0 Å². The molecular weight excluding hydrogens is 432 g/mol. The van der Waals surface area contributed by atoms with Crippen molar-refractivity contribution in [1.29, 1.82) is 0 Å². The molecule has 3 atom stereocenters. The topological polar surface area (TPSA) is 93.2 Å². The number of esters is 1. The molecule has 172 valence electrons. The number of benzene rings is 2. The quantitative estimate of drug-likeness (QED) is 0.616. The highest BCUT2D eigenvalue weighted by molar-refractivity contribution is 7.92. The molecule has 0 N–H and O–H groups in total. The maximum absolute atomic E-state index is 12.9. The summed E-state index contributed by atoms with van der Waals surface area (Å²) >= 11 is 0. The van der Waals surface area contributed by atoms with E-state index in [1.54, 1.807) is 35.2 Å². The van der Waals surface area contributed by atoms with Gasteiger partial charge in [0.15, 0.2) is 6.10 Å². The first-order valence-corrected chi connectivity index (χ1v) is 11.8. The number of carbonyl (C=O) groups excluding carboxylic acids is 2. The van der Waals surface area contributed by atoms with Gasteiger partial charge in [-0.25, -0.2) is 13.2 Å². The molecule has 0 radical (unpaired) electrons. The van der Waals surface area contributed by atoms with Crippen molar-refractivity contribution in [2.24, 2.45) is 0 Å². The highest BCUT2D eigenvalue weighted by Crippen LogP contribution is 2.22. The van der Waals surface area contributed by atoms with Gasteiger partial charge in [-0.15, -0.1) is 0 Å². The Labute approximate surface area is 188 Å². The molecule has 0 spiro atoms. The number of morpholine rings is 1. The molecule has 1 aliphatic heterocycles. The Balaban J connectivity index is 1.66.